The van der Waals surface area contributed by atoms with Crippen LogP contribution >= 0.6 is 11.8 Å². The molecule has 0 heterocycles. The zero-order valence-corrected chi connectivity index (χ0v) is 10.4. The third-order valence-electron chi connectivity index (χ3n) is 2.01. The maximum Gasteiger partial charge on any atom is 0.127 e. The number of ether oxygens (including phenoxy) is 1. The Morgan fingerprint density at radius 2 is 2.07 bits per heavy atom. The minimum absolute atomic E-state index is 0.713. The van der Waals surface area contributed by atoms with Crippen LogP contribution < -0.4 is 4.74 Å². The van der Waals surface area contributed by atoms with Gasteiger partial charge in [0.25, 0.3) is 0 Å². The van der Waals surface area contributed by atoms with Crippen LogP contribution in [0, 0.1) is 0 Å². The highest BCUT2D eigenvalue weighted by molar-refractivity contribution is 8.08. The van der Waals surface area contributed by atoms with Crippen LogP contribution in [-0.4, -0.2) is 12.4 Å². The molecule has 1 rings (SSSR count). The lowest BCUT2D eigenvalue weighted by Gasteiger charge is -2.11. The summed E-state index contributed by atoms with van der Waals surface area (Å²) in [4.78, 5) is 1.29. The van der Waals surface area contributed by atoms with E-state index in [1.54, 1.807) is 0 Å². The summed E-state index contributed by atoms with van der Waals surface area (Å²) in [5, 5.41) is 0. The number of hydrogen-bond donors (Lipinski definition) is 0. The van der Waals surface area contributed by atoms with Gasteiger partial charge >= 0.3 is 0 Å². The predicted molar refractivity (Wildman–Crippen MR) is 69.4 cm³/mol. The van der Waals surface area contributed by atoms with Crippen molar-refractivity contribution in [2.24, 2.45) is 0 Å². The van der Waals surface area contributed by atoms with Gasteiger partial charge in [0.05, 0.1) is 6.61 Å². The summed E-state index contributed by atoms with van der Waals surface area (Å²) in [6.07, 6.45) is 2.14. The molecule has 15 heavy (non-hydrogen) atoms. The second-order valence-corrected chi connectivity index (χ2v) is 4.32. The van der Waals surface area contributed by atoms with Gasteiger partial charge in [0.15, 0.2) is 0 Å². The maximum absolute atomic E-state index is 5.61. The van der Waals surface area contributed by atoms with Crippen molar-refractivity contribution in [3.05, 3.63) is 35.9 Å². The molecule has 0 aromatic heterocycles. The number of thioether (sulfide) groups is 1. The summed E-state index contributed by atoms with van der Waals surface area (Å²) in [5.74, 6) is 2.06. The average molecular weight is 222 g/mol. The molecule has 0 saturated heterocycles. The van der Waals surface area contributed by atoms with E-state index in [4.69, 9.17) is 4.74 Å². The zero-order valence-electron chi connectivity index (χ0n) is 9.62. The van der Waals surface area contributed by atoms with Gasteiger partial charge in [0.1, 0.15) is 5.75 Å². The summed E-state index contributed by atoms with van der Waals surface area (Å²) in [7, 11) is 0. The van der Waals surface area contributed by atoms with E-state index in [9.17, 15) is 0 Å². The second-order valence-electron chi connectivity index (χ2n) is 3.02. The number of allylic oxidation sites excluding steroid dienone is 1. The van der Waals surface area contributed by atoms with Crippen LogP contribution in [0.1, 0.15) is 26.3 Å². The molecular weight excluding hydrogens is 204 g/mol. The molecule has 82 valence electrons. The van der Waals surface area contributed by atoms with E-state index in [0.717, 1.165) is 11.5 Å². The van der Waals surface area contributed by atoms with Gasteiger partial charge in [-0.15, -0.1) is 11.8 Å². The van der Waals surface area contributed by atoms with Crippen molar-refractivity contribution in [1.29, 1.82) is 0 Å². The fourth-order valence-corrected chi connectivity index (χ4v) is 2.23. The van der Waals surface area contributed by atoms with E-state index < -0.39 is 0 Å². The van der Waals surface area contributed by atoms with Crippen molar-refractivity contribution in [2.75, 3.05) is 12.4 Å². The summed E-state index contributed by atoms with van der Waals surface area (Å²) in [6, 6.07) is 8.21. The van der Waals surface area contributed by atoms with Crippen LogP contribution in [0.15, 0.2) is 30.3 Å². The van der Waals surface area contributed by atoms with Gasteiger partial charge in [-0.3, -0.25) is 0 Å². The highest BCUT2D eigenvalue weighted by atomic mass is 32.2. The monoisotopic (exact) mass is 222 g/mol. The molecule has 0 bridgehead atoms. The molecule has 0 spiro atoms. The Bertz CT molecular complexity index is 331. The quantitative estimate of drug-likeness (QED) is 0.738. The third-order valence-corrected chi connectivity index (χ3v) is 3.07. The molecule has 1 aromatic carbocycles. The highest BCUT2D eigenvalue weighted by Crippen LogP contribution is 2.33. The summed E-state index contributed by atoms with van der Waals surface area (Å²) < 4.78 is 5.61. The first-order valence-corrected chi connectivity index (χ1v) is 6.33. The molecule has 2 heteroatoms. The first-order valence-electron chi connectivity index (χ1n) is 5.34. The smallest absolute Gasteiger partial charge is 0.127 e. The molecule has 0 amide bonds. The van der Waals surface area contributed by atoms with Crippen molar-refractivity contribution in [1.82, 2.24) is 0 Å². The average Bonchev–Trinajstić information content (AvgIpc) is 2.27. The van der Waals surface area contributed by atoms with E-state index in [1.165, 1.54) is 10.5 Å². The zero-order chi connectivity index (χ0) is 11.1. The third kappa shape index (κ3) is 3.31. The van der Waals surface area contributed by atoms with E-state index in [2.05, 4.69) is 32.1 Å². The lowest BCUT2D eigenvalue weighted by atomic mass is 10.2. The summed E-state index contributed by atoms with van der Waals surface area (Å²) in [6.45, 7) is 6.96. The summed E-state index contributed by atoms with van der Waals surface area (Å²) >= 11 is 1.85. The van der Waals surface area contributed by atoms with Crippen molar-refractivity contribution >= 4 is 16.7 Å². The fraction of sp³-hybridized carbons (Fsp3) is 0.385. The Labute approximate surface area is 96.5 Å². The molecule has 0 saturated carbocycles. The highest BCUT2D eigenvalue weighted by Gasteiger charge is 2.06. The molecule has 0 radical (unpaired) electrons. The van der Waals surface area contributed by atoms with Gasteiger partial charge in [0.2, 0.25) is 0 Å². The minimum atomic E-state index is 0.713. The predicted octanol–water partition coefficient (Wildman–Crippen LogP) is 4.20. The minimum Gasteiger partial charge on any atom is -0.493 e. The summed E-state index contributed by atoms with van der Waals surface area (Å²) in [5.41, 5.74) is 1.20. The Morgan fingerprint density at radius 1 is 1.33 bits per heavy atom. The molecule has 0 fully saturated rings. The fourth-order valence-electron chi connectivity index (χ4n) is 1.42. The van der Waals surface area contributed by atoms with Crippen LogP contribution in [-0.2, 0) is 0 Å². The van der Waals surface area contributed by atoms with Gasteiger partial charge in [-0.05, 0) is 25.7 Å². The number of benzene rings is 1. The molecular formula is C13H18OS. The number of rotatable bonds is 5. The van der Waals surface area contributed by atoms with Crippen LogP contribution in [0.5, 0.6) is 5.75 Å². The molecule has 0 aliphatic heterocycles. The van der Waals surface area contributed by atoms with Gasteiger partial charge in [0, 0.05) is 10.5 Å². The largest absolute Gasteiger partial charge is 0.493 e. The molecule has 1 aromatic rings. The van der Waals surface area contributed by atoms with E-state index >= 15 is 0 Å². The molecule has 0 atom stereocenters. The molecule has 1 nitrogen and oxygen atoms in total. The van der Waals surface area contributed by atoms with Crippen molar-refractivity contribution < 1.29 is 4.74 Å². The molecule has 0 N–H and O–H groups in total. The van der Waals surface area contributed by atoms with Crippen LogP contribution in [0.25, 0.3) is 4.91 Å². The van der Waals surface area contributed by atoms with Crippen molar-refractivity contribution in [2.45, 2.75) is 20.8 Å². The van der Waals surface area contributed by atoms with Gasteiger partial charge in [-0.1, -0.05) is 31.2 Å². The molecule has 0 aliphatic rings. The van der Waals surface area contributed by atoms with Gasteiger partial charge in [-0.25, -0.2) is 0 Å². The molecule has 0 aliphatic carbocycles. The number of para-hydroxylation sites is 1. The maximum atomic E-state index is 5.61. The Morgan fingerprint density at radius 3 is 2.67 bits per heavy atom. The van der Waals surface area contributed by atoms with Crippen molar-refractivity contribution in [3.63, 3.8) is 0 Å². The topological polar surface area (TPSA) is 9.23 Å². The van der Waals surface area contributed by atoms with E-state index in [1.807, 2.05) is 30.8 Å². The number of hydrogen-bond acceptors (Lipinski definition) is 2. The van der Waals surface area contributed by atoms with Crippen molar-refractivity contribution in [3.8, 4) is 5.75 Å². The van der Waals surface area contributed by atoms with Gasteiger partial charge < -0.3 is 4.74 Å². The first-order chi connectivity index (χ1) is 7.33. The normalized spacial score (nSPS) is 11.5. The Balaban J connectivity index is 3.00. The lowest BCUT2D eigenvalue weighted by molar-refractivity contribution is 0.339. The van der Waals surface area contributed by atoms with Crippen LogP contribution in [0.2, 0.25) is 0 Å². The Kier molecular flexibility index (Phi) is 5.33. The lowest BCUT2D eigenvalue weighted by Crippen LogP contribution is -1.95. The van der Waals surface area contributed by atoms with E-state index in [-0.39, 0.29) is 0 Å². The SMILES string of the molecule is C/C=C(\SCC)c1ccccc1OCC. The Hall–Kier alpha value is -0.890. The first kappa shape index (κ1) is 12.2. The van der Waals surface area contributed by atoms with E-state index in [0.29, 0.717) is 6.61 Å². The second kappa shape index (κ2) is 6.57. The van der Waals surface area contributed by atoms with Gasteiger partial charge in [-0.2, -0.15) is 0 Å². The van der Waals surface area contributed by atoms with Crippen LogP contribution in [0.3, 0.4) is 0 Å². The van der Waals surface area contributed by atoms with Crippen LogP contribution in [0.4, 0.5) is 0 Å². The molecule has 0 unspecified atom stereocenters. The standard InChI is InChI=1S/C13H18OS/c1-4-13(15-6-3)11-9-7-8-10-12(11)14-5-2/h4,7-10H,5-6H2,1-3H3/b13-4-.